The maximum absolute atomic E-state index is 12.9. The molecule has 8 heteroatoms. The van der Waals surface area contributed by atoms with E-state index in [2.05, 4.69) is 0 Å². The summed E-state index contributed by atoms with van der Waals surface area (Å²) in [5, 5.41) is 9.48. The van der Waals surface area contributed by atoms with Gasteiger partial charge in [0, 0.05) is 25.9 Å². The lowest BCUT2D eigenvalue weighted by atomic mass is 10.0. The average Bonchev–Trinajstić information content (AvgIpc) is 2.66. The van der Waals surface area contributed by atoms with Gasteiger partial charge in [0.15, 0.2) is 0 Å². The monoisotopic (exact) mass is 434 g/mol. The number of carboxylic acid groups (broad SMARTS) is 1. The lowest BCUT2D eigenvalue weighted by Gasteiger charge is -2.31. The van der Waals surface area contributed by atoms with E-state index in [-0.39, 0.29) is 24.6 Å². The molecule has 0 saturated carbocycles. The summed E-state index contributed by atoms with van der Waals surface area (Å²) in [6.45, 7) is 6.51. The Morgan fingerprint density at radius 1 is 1.03 bits per heavy atom. The molecule has 0 aliphatic carbocycles. The third kappa shape index (κ3) is 7.54. The van der Waals surface area contributed by atoms with E-state index in [1.165, 1.54) is 19.2 Å². The van der Waals surface area contributed by atoms with Gasteiger partial charge in [-0.1, -0.05) is 19.3 Å². The minimum absolute atomic E-state index is 0.0735. The molecule has 0 aromatic heterocycles. The Hall–Kier alpha value is -2.61. The van der Waals surface area contributed by atoms with E-state index in [4.69, 9.17) is 9.47 Å². The number of carbonyl (C=O) groups is 3. The molecule has 172 valence electrons. The molecule has 0 unspecified atom stereocenters. The highest BCUT2D eigenvalue weighted by molar-refractivity contribution is 5.96. The van der Waals surface area contributed by atoms with Crippen LogP contribution in [-0.2, 0) is 20.8 Å². The van der Waals surface area contributed by atoms with Crippen molar-refractivity contribution in [1.82, 2.24) is 4.90 Å². The van der Waals surface area contributed by atoms with Gasteiger partial charge < -0.3 is 24.4 Å². The highest BCUT2D eigenvalue weighted by Gasteiger charge is 2.26. The highest BCUT2D eigenvalue weighted by atomic mass is 16.6. The van der Waals surface area contributed by atoms with Gasteiger partial charge in [-0.25, -0.2) is 9.59 Å². The molecule has 0 atom stereocenters. The zero-order chi connectivity index (χ0) is 23.0. The van der Waals surface area contributed by atoms with Crippen LogP contribution in [0.5, 0.6) is 0 Å². The molecule has 0 bridgehead atoms. The summed E-state index contributed by atoms with van der Waals surface area (Å²) in [7, 11) is 1.47. The zero-order valence-electron chi connectivity index (χ0n) is 19.0. The van der Waals surface area contributed by atoms with E-state index in [1.807, 2.05) is 20.8 Å². The quantitative estimate of drug-likeness (QED) is 0.770. The average molecular weight is 435 g/mol. The molecule has 1 aliphatic rings. The van der Waals surface area contributed by atoms with Crippen LogP contribution in [0, 0.1) is 0 Å². The minimum atomic E-state index is -1.06. The van der Waals surface area contributed by atoms with Crippen LogP contribution in [0.25, 0.3) is 0 Å². The van der Waals surface area contributed by atoms with Crippen LogP contribution in [0.15, 0.2) is 18.2 Å². The van der Waals surface area contributed by atoms with Crippen molar-refractivity contribution in [3.63, 3.8) is 0 Å². The summed E-state index contributed by atoms with van der Waals surface area (Å²) in [5.41, 5.74) is 0.651. The van der Waals surface area contributed by atoms with Crippen LogP contribution in [0.1, 0.15) is 68.8 Å². The Labute approximate surface area is 184 Å². The predicted octanol–water partition coefficient (Wildman–Crippen LogP) is 4.07. The first-order chi connectivity index (χ1) is 14.6. The van der Waals surface area contributed by atoms with Gasteiger partial charge in [-0.3, -0.25) is 4.79 Å². The van der Waals surface area contributed by atoms with Crippen LogP contribution >= 0.6 is 0 Å². The molecule has 2 amide bonds. The number of fused-ring (bicyclic) bond motifs is 1. The largest absolute Gasteiger partial charge is 0.478 e. The van der Waals surface area contributed by atoms with E-state index in [1.54, 1.807) is 15.9 Å². The molecule has 8 nitrogen and oxygen atoms in total. The van der Waals surface area contributed by atoms with Crippen LogP contribution < -0.4 is 4.90 Å². The number of carboxylic acids is 1. The van der Waals surface area contributed by atoms with Crippen molar-refractivity contribution < 1.29 is 29.0 Å². The second-order valence-electron chi connectivity index (χ2n) is 8.80. The molecule has 0 saturated heterocycles. The molecule has 1 aromatic carbocycles. The summed E-state index contributed by atoms with van der Waals surface area (Å²) < 4.78 is 10.6. The highest BCUT2D eigenvalue weighted by Crippen LogP contribution is 2.27. The number of carbonyl (C=O) groups excluding carboxylic acids is 2. The van der Waals surface area contributed by atoms with Crippen molar-refractivity contribution in [3.05, 3.63) is 29.3 Å². The molecule has 1 aliphatic heterocycles. The molecule has 0 spiro atoms. The third-order valence-corrected chi connectivity index (χ3v) is 5.01. The number of rotatable bonds is 3. The van der Waals surface area contributed by atoms with Crippen LogP contribution in [0.4, 0.5) is 10.5 Å². The number of benzene rings is 1. The summed E-state index contributed by atoms with van der Waals surface area (Å²) in [5.74, 6) is -1.26. The summed E-state index contributed by atoms with van der Waals surface area (Å²) in [6, 6.07) is 4.66. The molecular formula is C23H34N2O6. The van der Waals surface area contributed by atoms with Crippen LogP contribution in [0.2, 0.25) is 0 Å². The Balaban J connectivity index is 2.49. The fraction of sp³-hybridized carbons (Fsp3) is 0.609. The Morgan fingerprint density at radius 3 is 2.29 bits per heavy atom. The van der Waals surface area contributed by atoms with Crippen molar-refractivity contribution >= 4 is 23.7 Å². The number of anilines is 1. The first kappa shape index (κ1) is 24.7. The van der Waals surface area contributed by atoms with Crippen molar-refractivity contribution in [1.29, 1.82) is 0 Å². The Morgan fingerprint density at radius 2 is 1.68 bits per heavy atom. The topological polar surface area (TPSA) is 96.4 Å². The first-order valence-electron chi connectivity index (χ1n) is 10.8. The fourth-order valence-electron chi connectivity index (χ4n) is 3.56. The maximum atomic E-state index is 12.9. The third-order valence-electron chi connectivity index (χ3n) is 5.01. The van der Waals surface area contributed by atoms with Crippen molar-refractivity contribution in [2.24, 2.45) is 0 Å². The van der Waals surface area contributed by atoms with Gasteiger partial charge in [0.1, 0.15) is 12.2 Å². The summed E-state index contributed by atoms with van der Waals surface area (Å²) >= 11 is 0. The standard InChI is InChI=1S/C23H34N2O6/c1-23(2,3)31-22(29)24-12-8-6-5-7-9-13-25(20(26)16-30-4)19-11-10-17(21(27)28)14-18(19)15-24/h10-11,14H,5-9,12-13,15-16H2,1-4H3,(H,27,28). The van der Waals surface area contributed by atoms with Gasteiger partial charge in [-0.2, -0.15) is 0 Å². The fourth-order valence-corrected chi connectivity index (χ4v) is 3.56. The number of aromatic carboxylic acids is 1. The van der Waals surface area contributed by atoms with Gasteiger partial charge >= 0.3 is 12.1 Å². The van der Waals surface area contributed by atoms with E-state index >= 15 is 0 Å². The Bertz CT molecular complexity index is 787. The van der Waals surface area contributed by atoms with Gasteiger partial charge in [0.2, 0.25) is 0 Å². The van der Waals surface area contributed by atoms with Gasteiger partial charge in [-0.05, 0) is 57.4 Å². The van der Waals surface area contributed by atoms with E-state index in [9.17, 15) is 19.5 Å². The molecule has 31 heavy (non-hydrogen) atoms. The van der Waals surface area contributed by atoms with Crippen molar-refractivity contribution in [3.8, 4) is 0 Å². The number of hydrogen-bond acceptors (Lipinski definition) is 5. The van der Waals surface area contributed by atoms with Gasteiger partial charge in [0.05, 0.1) is 12.1 Å². The minimum Gasteiger partial charge on any atom is -0.478 e. The normalized spacial score (nSPS) is 16.0. The lowest BCUT2D eigenvalue weighted by molar-refractivity contribution is -0.122. The molecule has 0 fully saturated rings. The summed E-state index contributed by atoms with van der Waals surface area (Å²) in [6.07, 6.45) is 4.16. The van der Waals surface area contributed by atoms with E-state index in [0.717, 1.165) is 32.1 Å². The molecule has 1 aromatic rings. The van der Waals surface area contributed by atoms with Crippen molar-refractivity contribution in [2.75, 3.05) is 31.7 Å². The number of amides is 2. The maximum Gasteiger partial charge on any atom is 0.410 e. The van der Waals surface area contributed by atoms with Gasteiger partial charge in [0.25, 0.3) is 5.91 Å². The Kier molecular flexibility index (Phi) is 8.86. The second-order valence-corrected chi connectivity index (χ2v) is 8.80. The SMILES string of the molecule is COCC(=O)N1CCCCCCCN(C(=O)OC(C)(C)C)Cc2cc(C(=O)O)ccc21. The van der Waals surface area contributed by atoms with Crippen LogP contribution in [-0.4, -0.2) is 60.4 Å². The van der Waals surface area contributed by atoms with E-state index in [0.29, 0.717) is 24.3 Å². The van der Waals surface area contributed by atoms with Crippen molar-refractivity contribution in [2.45, 2.75) is 65.0 Å². The smallest absolute Gasteiger partial charge is 0.410 e. The number of methoxy groups -OCH3 is 1. The second kappa shape index (κ2) is 11.1. The summed E-state index contributed by atoms with van der Waals surface area (Å²) in [4.78, 5) is 40.5. The van der Waals surface area contributed by atoms with E-state index < -0.39 is 17.7 Å². The predicted molar refractivity (Wildman–Crippen MR) is 117 cm³/mol. The van der Waals surface area contributed by atoms with Gasteiger partial charge in [-0.15, -0.1) is 0 Å². The van der Waals surface area contributed by atoms with Crippen LogP contribution in [0.3, 0.4) is 0 Å². The molecule has 2 rings (SSSR count). The molecular weight excluding hydrogens is 400 g/mol. The number of nitrogens with zero attached hydrogens (tertiary/aromatic N) is 2. The molecule has 0 radical (unpaired) electrons. The lowest BCUT2D eigenvalue weighted by Crippen LogP contribution is -2.39. The molecule has 1 heterocycles. The molecule has 1 N–H and O–H groups in total. The number of hydrogen-bond donors (Lipinski definition) is 1. The first-order valence-corrected chi connectivity index (χ1v) is 10.8. The number of ether oxygens (including phenoxy) is 2. The zero-order valence-corrected chi connectivity index (χ0v) is 19.0.